The largest absolute Gasteiger partial charge is 0.497 e. The minimum atomic E-state index is -0.153. The van der Waals surface area contributed by atoms with Crippen LogP contribution < -0.4 is 10.1 Å². The number of aromatic nitrogens is 2. The third-order valence-corrected chi connectivity index (χ3v) is 5.30. The normalized spacial score (nSPS) is 12.0. The summed E-state index contributed by atoms with van der Waals surface area (Å²) in [5, 5.41) is 9.20. The molecule has 5 nitrogen and oxygen atoms in total. The zero-order valence-corrected chi connectivity index (χ0v) is 17.6. The molecule has 0 unspecified atom stereocenters. The zero-order valence-electron chi connectivity index (χ0n) is 16.8. The number of methoxy groups -OCH3 is 1. The lowest BCUT2D eigenvalue weighted by atomic mass is 10.1. The van der Waals surface area contributed by atoms with E-state index in [0.29, 0.717) is 17.1 Å². The van der Waals surface area contributed by atoms with Crippen LogP contribution in [0.4, 0.5) is 0 Å². The number of halogens is 1. The molecule has 4 rings (SSSR count). The van der Waals surface area contributed by atoms with Gasteiger partial charge in [0, 0.05) is 16.0 Å². The number of hydrogen-bond acceptors (Lipinski definition) is 3. The van der Waals surface area contributed by atoms with E-state index in [1.807, 2.05) is 78.3 Å². The van der Waals surface area contributed by atoms with Gasteiger partial charge in [-0.1, -0.05) is 41.9 Å². The van der Waals surface area contributed by atoms with Crippen molar-refractivity contribution < 1.29 is 9.53 Å². The second kappa shape index (κ2) is 8.59. The second-order valence-corrected chi connectivity index (χ2v) is 7.61. The number of nitrogens with zero attached hydrogens (tertiary/aromatic N) is 2. The highest BCUT2D eigenvalue weighted by molar-refractivity contribution is 6.30. The summed E-state index contributed by atoms with van der Waals surface area (Å²) in [5.41, 5.74) is 3.52. The molecule has 1 atom stereocenters. The van der Waals surface area contributed by atoms with Crippen LogP contribution >= 0.6 is 11.6 Å². The van der Waals surface area contributed by atoms with Crippen LogP contribution in [0.15, 0.2) is 72.9 Å². The van der Waals surface area contributed by atoms with Crippen LogP contribution in [0.3, 0.4) is 0 Å². The molecule has 0 aliphatic rings. The van der Waals surface area contributed by atoms with Crippen molar-refractivity contribution in [2.45, 2.75) is 19.5 Å². The molecule has 0 aliphatic heterocycles. The van der Waals surface area contributed by atoms with E-state index in [1.54, 1.807) is 13.3 Å². The summed E-state index contributed by atoms with van der Waals surface area (Å²) < 4.78 is 7.15. The number of carbonyl (C=O) groups excluding carboxylic acids is 1. The highest BCUT2D eigenvalue weighted by atomic mass is 35.5. The number of nitrogens with one attached hydrogen (secondary N) is 1. The number of fused-ring (bicyclic) bond motifs is 1. The first-order valence-corrected chi connectivity index (χ1v) is 10.1. The summed E-state index contributed by atoms with van der Waals surface area (Å²) >= 11 is 6.10. The number of carbonyl (C=O) groups is 1. The summed E-state index contributed by atoms with van der Waals surface area (Å²) in [5.74, 6) is 0.627. The van der Waals surface area contributed by atoms with Crippen molar-refractivity contribution in [3.8, 4) is 5.75 Å². The number of amides is 1. The molecule has 4 aromatic rings. The molecule has 0 bridgehead atoms. The van der Waals surface area contributed by atoms with Crippen molar-refractivity contribution in [1.29, 1.82) is 0 Å². The van der Waals surface area contributed by atoms with Gasteiger partial charge < -0.3 is 10.1 Å². The lowest BCUT2D eigenvalue weighted by Crippen LogP contribution is -2.26. The average molecular weight is 420 g/mol. The van der Waals surface area contributed by atoms with Gasteiger partial charge in [-0.25, -0.2) is 0 Å². The van der Waals surface area contributed by atoms with E-state index in [0.717, 1.165) is 27.8 Å². The quantitative estimate of drug-likeness (QED) is 0.465. The fraction of sp³-hybridized carbons (Fsp3) is 0.167. The molecule has 30 heavy (non-hydrogen) atoms. The van der Waals surface area contributed by atoms with Crippen molar-refractivity contribution in [2.75, 3.05) is 7.11 Å². The molecule has 0 saturated heterocycles. The number of hydrogen-bond donors (Lipinski definition) is 1. The van der Waals surface area contributed by atoms with Gasteiger partial charge in [-0.15, -0.1) is 0 Å². The molecule has 6 heteroatoms. The minimum Gasteiger partial charge on any atom is -0.497 e. The first-order chi connectivity index (χ1) is 14.5. The molecule has 1 heterocycles. The van der Waals surface area contributed by atoms with Gasteiger partial charge in [0.05, 0.1) is 31.4 Å². The van der Waals surface area contributed by atoms with Gasteiger partial charge >= 0.3 is 0 Å². The van der Waals surface area contributed by atoms with Crippen molar-refractivity contribution in [2.24, 2.45) is 0 Å². The molecule has 152 valence electrons. The molecular formula is C24H22ClN3O2. The maximum atomic E-state index is 12.9. The van der Waals surface area contributed by atoms with Crippen molar-refractivity contribution in [1.82, 2.24) is 15.1 Å². The van der Waals surface area contributed by atoms with Crippen LogP contribution in [0.25, 0.3) is 10.9 Å². The van der Waals surface area contributed by atoms with Crippen molar-refractivity contribution in [3.05, 3.63) is 94.6 Å². The Morgan fingerprint density at radius 3 is 2.77 bits per heavy atom. The molecule has 1 N–H and O–H groups in total. The fourth-order valence-electron chi connectivity index (χ4n) is 3.42. The minimum absolute atomic E-state index is 0.136. The van der Waals surface area contributed by atoms with E-state index in [1.165, 1.54) is 0 Å². The molecule has 0 aliphatic carbocycles. The molecule has 0 spiro atoms. The second-order valence-electron chi connectivity index (χ2n) is 7.18. The van der Waals surface area contributed by atoms with Crippen LogP contribution in [0.5, 0.6) is 5.75 Å². The van der Waals surface area contributed by atoms with Crippen molar-refractivity contribution >= 4 is 28.4 Å². The molecule has 3 aromatic carbocycles. The van der Waals surface area contributed by atoms with E-state index < -0.39 is 0 Å². The molecule has 0 fully saturated rings. The van der Waals surface area contributed by atoms with Gasteiger partial charge in [-0.3, -0.25) is 9.48 Å². The van der Waals surface area contributed by atoms with Gasteiger partial charge in [0.2, 0.25) is 0 Å². The summed E-state index contributed by atoms with van der Waals surface area (Å²) in [6.07, 6.45) is 1.81. The highest BCUT2D eigenvalue weighted by Gasteiger charge is 2.14. The van der Waals surface area contributed by atoms with E-state index in [4.69, 9.17) is 16.3 Å². The Morgan fingerprint density at radius 1 is 1.13 bits per heavy atom. The van der Waals surface area contributed by atoms with Crippen LogP contribution in [-0.2, 0) is 6.54 Å². The lowest BCUT2D eigenvalue weighted by Gasteiger charge is -2.15. The maximum absolute atomic E-state index is 12.9. The Bertz CT molecular complexity index is 1200. The molecule has 0 saturated carbocycles. The van der Waals surface area contributed by atoms with Gasteiger partial charge in [-0.05, 0) is 54.4 Å². The van der Waals surface area contributed by atoms with E-state index in [9.17, 15) is 4.79 Å². The number of ether oxygens (including phenoxy) is 1. The summed E-state index contributed by atoms with van der Waals surface area (Å²) in [7, 11) is 1.63. The maximum Gasteiger partial charge on any atom is 0.251 e. The van der Waals surface area contributed by atoms with E-state index in [2.05, 4.69) is 10.4 Å². The Labute approximate surface area is 180 Å². The van der Waals surface area contributed by atoms with Crippen LogP contribution in [0, 0.1) is 0 Å². The Hall–Kier alpha value is -3.31. The summed E-state index contributed by atoms with van der Waals surface area (Å²) in [4.78, 5) is 12.9. The molecule has 1 amide bonds. The van der Waals surface area contributed by atoms with E-state index in [-0.39, 0.29) is 11.9 Å². The Kier molecular flexibility index (Phi) is 5.72. The molecule has 1 aromatic heterocycles. The van der Waals surface area contributed by atoms with Crippen LogP contribution in [-0.4, -0.2) is 22.8 Å². The van der Waals surface area contributed by atoms with Gasteiger partial charge in [0.25, 0.3) is 5.91 Å². The lowest BCUT2D eigenvalue weighted by molar-refractivity contribution is 0.0940. The monoisotopic (exact) mass is 419 g/mol. The number of rotatable bonds is 6. The number of benzene rings is 3. The van der Waals surface area contributed by atoms with Crippen LogP contribution in [0.2, 0.25) is 5.02 Å². The Morgan fingerprint density at radius 2 is 1.97 bits per heavy atom. The standard InChI is InChI=1S/C24H22ClN3O2/c1-16(18-6-4-8-22(12-18)30-2)27-24(29)19-9-10-20-14-26-28(23(20)13-19)15-17-5-3-7-21(25)11-17/h3-14,16H,15H2,1-2H3,(H,27,29)/t16-/m1/s1. The third-order valence-electron chi connectivity index (χ3n) is 5.07. The first kappa shape index (κ1) is 20.0. The van der Waals surface area contributed by atoms with Crippen LogP contribution in [0.1, 0.15) is 34.5 Å². The van der Waals surface area contributed by atoms with Crippen molar-refractivity contribution in [3.63, 3.8) is 0 Å². The smallest absolute Gasteiger partial charge is 0.251 e. The highest BCUT2D eigenvalue weighted by Crippen LogP contribution is 2.21. The topological polar surface area (TPSA) is 56.1 Å². The predicted octanol–water partition coefficient (Wildman–Crippen LogP) is 5.24. The molecular weight excluding hydrogens is 398 g/mol. The SMILES string of the molecule is COc1cccc([C@@H](C)NC(=O)c2ccc3cnn(Cc4cccc(Cl)c4)c3c2)c1. The third kappa shape index (κ3) is 4.31. The molecule has 0 radical (unpaired) electrons. The average Bonchev–Trinajstić information content (AvgIpc) is 3.15. The Balaban J connectivity index is 1.55. The van der Waals surface area contributed by atoms with Gasteiger partial charge in [0.15, 0.2) is 0 Å². The summed E-state index contributed by atoms with van der Waals surface area (Å²) in [6, 6.07) is 20.8. The van der Waals surface area contributed by atoms with Gasteiger partial charge in [-0.2, -0.15) is 5.10 Å². The predicted molar refractivity (Wildman–Crippen MR) is 119 cm³/mol. The van der Waals surface area contributed by atoms with E-state index >= 15 is 0 Å². The van der Waals surface area contributed by atoms with Gasteiger partial charge in [0.1, 0.15) is 5.75 Å². The fourth-order valence-corrected chi connectivity index (χ4v) is 3.63. The summed E-state index contributed by atoms with van der Waals surface area (Å²) in [6.45, 7) is 2.53. The zero-order chi connectivity index (χ0) is 21.1. The first-order valence-electron chi connectivity index (χ1n) is 9.68.